The van der Waals surface area contributed by atoms with Crippen molar-refractivity contribution in [2.45, 2.75) is 39.5 Å². The Labute approximate surface area is 157 Å². The van der Waals surface area contributed by atoms with E-state index in [1.54, 1.807) is 31.1 Å². The number of benzene rings is 1. The minimum atomic E-state index is -0.287. The largest absolute Gasteiger partial charge is 0.466 e. The number of carbonyl (C=O) groups is 2. The lowest BCUT2D eigenvalue weighted by Crippen LogP contribution is -2.33. The molecule has 1 amide bonds. The zero-order chi connectivity index (χ0) is 19.4. The van der Waals surface area contributed by atoms with Crippen molar-refractivity contribution in [2.24, 2.45) is 0 Å². The number of carbonyl (C=O) groups excluding carboxylic acids is 2. The second kappa shape index (κ2) is 12.3. The van der Waals surface area contributed by atoms with Gasteiger partial charge in [-0.05, 0) is 36.5 Å². The molecule has 26 heavy (non-hydrogen) atoms. The summed E-state index contributed by atoms with van der Waals surface area (Å²) in [5, 5.41) is 0. The normalized spacial score (nSPS) is 11.1. The fourth-order valence-corrected chi connectivity index (χ4v) is 2.46. The van der Waals surface area contributed by atoms with Gasteiger partial charge in [0.15, 0.2) is 0 Å². The molecule has 0 atom stereocenters. The molecule has 0 fully saturated rings. The highest BCUT2D eigenvalue weighted by Gasteiger charge is 2.13. The predicted octanol–water partition coefficient (Wildman–Crippen LogP) is 3.64. The molecule has 0 aromatic heterocycles. The van der Waals surface area contributed by atoms with Crippen LogP contribution in [0.2, 0.25) is 0 Å². The molecule has 0 radical (unpaired) electrons. The van der Waals surface area contributed by atoms with Crippen molar-refractivity contribution in [1.29, 1.82) is 0 Å². The second-order valence-corrected chi connectivity index (χ2v) is 6.38. The van der Waals surface area contributed by atoms with Crippen LogP contribution >= 0.6 is 0 Å². The molecule has 0 aliphatic carbocycles. The highest BCUT2D eigenvalue weighted by molar-refractivity contribution is 5.92. The molecule has 0 spiro atoms. The van der Waals surface area contributed by atoms with E-state index in [2.05, 4.69) is 26.0 Å². The lowest BCUT2D eigenvalue weighted by Gasteiger charge is -2.20. The fourth-order valence-electron chi connectivity index (χ4n) is 2.46. The summed E-state index contributed by atoms with van der Waals surface area (Å²) in [5.74, 6) is 0.0810. The quantitative estimate of drug-likeness (QED) is 0.343. The average Bonchev–Trinajstić information content (AvgIpc) is 2.63. The summed E-state index contributed by atoms with van der Waals surface area (Å²) in [7, 11) is 1.63. The molecule has 1 rings (SSSR count). The van der Waals surface area contributed by atoms with E-state index in [-0.39, 0.29) is 18.3 Å². The van der Waals surface area contributed by atoms with E-state index >= 15 is 0 Å². The maximum Gasteiger partial charge on any atom is 0.307 e. The van der Waals surface area contributed by atoms with Crippen molar-refractivity contribution in [3.8, 4) is 0 Å². The maximum atomic E-state index is 12.5. The van der Waals surface area contributed by atoms with Crippen molar-refractivity contribution < 1.29 is 19.1 Å². The molecule has 0 aliphatic heterocycles. The number of hydrogen-bond acceptors (Lipinski definition) is 4. The highest BCUT2D eigenvalue weighted by atomic mass is 16.5. The summed E-state index contributed by atoms with van der Waals surface area (Å²) >= 11 is 0. The molecular formula is C21H31NO4. The van der Waals surface area contributed by atoms with Gasteiger partial charge in [0, 0.05) is 32.9 Å². The molecule has 144 valence electrons. The highest BCUT2D eigenvalue weighted by Crippen LogP contribution is 2.15. The number of hydrogen-bond donors (Lipinski definition) is 0. The minimum absolute atomic E-state index is 0.113. The van der Waals surface area contributed by atoms with E-state index in [1.165, 1.54) is 5.56 Å². The van der Waals surface area contributed by atoms with Gasteiger partial charge in [-0.15, -0.1) is 0 Å². The van der Waals surface area contributed by atoms with Gasteiger partial charge in [0.1, 0.15) is 0 Å². The number of methoxy groups -OCH3 is 1. The molecule has 0 bridgehead atoms. The Morgan fingerprint density at radius 2 is 1.85 bits per heavy atom. The standard InChI is InChI=1S/C21H31NO4/c1-5-26-21(24)13-15-22(14-6-16-25-4)20(23)12-9-18-7-10-19(11-8-18)17(2)3/h7-12,17H,5-6,13-16H2,1-4H3/b12-9+. The molecule has 0 saturated heterocycles. The van der Waals surface area contributed by atoms with Gasteiger partial charge in [-0.3, -0.25) is 9.59 Å². The third-order valence-electron chi connectivity index (χ3n) is 4.00. The van der Waals surface area contributed by atoms with Crippen LogP contribution in [0.4, 0.5) is 0 Å². The van der Waals surface area contributed by atoms with E-state index in [4.69, 9.17) is 9.47 Å². The first-order chi connectivity index (χ1) is 12.5. The first-order valence-electron chi connectivity index (χ1n) is 9.19. The SMILES string of the molecule is CCOC(=O)CCN(CCCOC)C(=O)/C=C/c1ccc(C(C)C)cc1. The van der Waals surface area contributed by atoms with E-state index in [0.717, 1.165) is 12.0 Å². The molecule has 0 heterocycles. The number of nitrogens with zero attached hydrogens (tertiary/aromatic N) is 1. The topological polar surface area (TPSA) is 55.8 Å². The monoisotopic (exact) mass is 361 g/mol. The summed E-state index contributed by atoms with van der Waals surface area (Å²) in [6.07, 6.45) is 4.29. The number of rotatable bonds is 11. The van der Waals surface area contributed by atoms with Crippen molar-refractivity contribution >= 4 is 18.0 Å². The Bertz CT molecular complexity index is 578. The third-order valence-corrected chi connectivity index (χ3v) is 4.00. The minimum Gasteiger partial charge on any atom is -0.466 e. The summed E-state index contributed by atoms with van der Waals surface area (Å²) in [6, 6.07) is 8.16. The van der Waals surface area contributed by atoms with Gasteiger partial charge in [-0.25, -0.2) is 0 Å². The Kier molecular flexibility index (Phi) is 10.3. The number of amides is 1. The Balaban J connectivity index is 2.68. The van der Waals surface area contributed by atoms with Crippen LogP contribution in [-0.2, 0) is 19.1 Å². The molecule has 1 aromatic carbocycles. The van der Waals surface area contributed by atoms with Gasteiger partial charge in [0.05, 0.1) is 13.0 Å². The van der Waals surface area contributed by atoms with Crippen molar-refractivity contribution in [3.63, 3.8) is 0 Å². The summed E-state index contributed by atoms with van der Waals surface area (Å²) in [4.78, 5) is 25.7. The van der Waals surface area contributed by atoms with E-state index in [9.17, 15) is 9.59 Å². The number of esters is 1. The molecule has 5 nitrogen and oxygen atoms in total. The van der Waals surface area contributed by atoms with Gasteiger partial charge in [0.25, 0.3) is 0 Å². The van der Waals surface area contributed by atoms with Crippen LogP contribution in [0.3, 0.4) is 0 Å². The van der Waals surface area contributed by atoms with Gasteiger partial charge < -0.3 is 14.4 Å². The van der Waals surface area contributed by atoms with Crippen LogP contribution < -0.4 is 0 Å². The third kappa shape index (κ3) is 8.30. The molecular weight excluding hydrogens is 330 g/mol. The average molecular weight is 361 g/mol. The first kappa shape index (κ1) is 21.9. The zero-order valence-electron chi connectivity index (χ0n) is 16.4. The van der Waals surface area contributed by atoms with E-state index in [0.29, 0.717) is 32.2 Å². The lowest BCUT2D eigenvalue weighted by atomic mass is 10.0. The lowest BCUT2D eigenvalue weighted by molar-refractivity contribution is -0.143. The second-order valence-electron chi connectivity index (χ2n) is 6.38. The number of ether oxygens (including phenoxy) is 2. The van der Waals surface area contributed by atoms with Crippen LogP contribution in [-0.4, -0.2) is 50.2 Å². The van der Waals surface area contributed by atoms with Gasteiger partial charge in [-0.2, -0.15) is 0 Å². The van der Waals surface area contributed by atoms with Crippen LogP contribution in [0.1, 0.15) is 50.7 Å². The van der Waals surface area contributed by atoms with E-state index in [1.807, 2.05) is 12.1 Å². The molecule has 5 heteroatoms. The molecule has 0 N–H and O–H groups in total. The van der Waals surface area contributed by atoms with Gasteiger partial charge in [0.2, 0.25) is 5.91 Å². The first-order valence-corrected chi connectivity index (χ1v) is 9.19. The molecule has 1 aromatic rings. The van der Waals surface area contributed by atoms with Gasteiger partial charge >= 0.3 is 5.97 Å². The zero-order valence-corrected chi connectivity index (χ0v) is 16.4. The summed E-state index contributed by atoms with van der Waals surface area (Å²) < 4.78 is 9.99. The summed E-state index contributed by atoms with van der Waals surface area (Å²) in [6.45, 7) is 7.88. The van der Waals surface area contributed by atoms with Crippen LogP contribution in [0.25, 0.3) is 6.08 Å². The van der Waals surface area contributed by atoms with Crippen molar-refractivity contribution in [2.75, 3.05) is 33.4 Å². The van der Waals surface area contributed by atoms with Gasteiger partial charge in [-0.1, -0.05) is 38.1 Å². The summed E-state index contributed by atoms with van der Waals surface area (Å²) in [5.41, 5.74) is 2.24. The molecule has 0 unspecified atom stereocenters. The Hall–Kier alpha value is -2.14. The van der Waals surface area contributed by atoms with Crippen molar-refractivity contribution in [1.82, 2.24) is 4.90 Å². The van der Waals surface area contributed by atoms with Crippen LogP contribution in [0.15, 0.2) is 30.3 Å². The molecule has 0 aliphatic rings. The Morgan fingerprint density at radius 3 is 2.42 bits per heavy atom. The Morgan fingerprint density at radius 1 is 1.15 bits per heavy atom. The van der Waals surface area contributed by atoms with Crippen LogP contribution in [0, 0.1) is 0 Å². The molecule has 0 saturated carbocycles. The van der Waals surface area contributed by atoms with E-state index < -0.39 is 0 Å². The predicted molar refractivity (Wildman–Crippen MR) is 104 cm³/mol. The fraction of sp³-hybridized carbons (Fsp3) is 0.524. The van der Waals surface area contributed by atoms with Crippen LogP contribution in [0.5, 0.6) is 0 Å². The van der Waals surface area contributed by atoms with Crippen molar-refractivity contribution in [3.05, 3.63) is 41.5 Å². The maximum absolute atomic E-state index is 12.5. The smallest absolute Gasteiger partial charge is 0.307 e.